The van der Waals surface area contributed by atoms with Crippen molar-refractivity contribution in [2.75, 3.05) is 6.54 Å². The van der Waals surface area contributed by atoms with E-state index in [2.05, 4.69) is 10.3 Å². The van der Waals surface area contributed by atoms with Crippen LogP contribution < -0.4 is 5.32 Å². The van der Waals surface area contributed by atoms with Gasteiger partial charge in [0.05, 0.1) is 0 Å². The molecule has 2 rings (SSSR count). The van der Waals surface area contributed by atoms with E-state index in [9.17, 15) is 4.79 Å². The van der Waals surface area contributed by atoms with Crippen LogP contribution in [0.5, 0.6) is 0 Å². The number of aromatic nitrogens is 1. The van der Waals surface area contributed by atoms with Gasteiger partial charge in [-0.3, -0.25) is 0 Å². The highest BCUT2D eigenvalue weighted by molar-refractivity contribution is 7.09. The zero-order chi connectivity index (χ0) is 9.97. The molecule has 1 atom stereocenters. The minimum absolute atomic E-state index is 0.150. The number of rotatable bonds is 2. The molecule has 0 radical (unpaired) electrons. The third kappa shape index (κ3) is 1.77. The minimum atomic E-state index is -0.953. The Hall–Kier alpha value is -1.36. The Kier molecular flexibility index (Phi) is 2.49. The van der Waals surface area contributed by atoms with Crippen LogP contribution in [-0.2, 0) is 0 Å². The third-order valence-electron chi connectivity index (χ3n) is 2.10. The molecule has 1 aliphatic heterocycles. The number of carbonyl (C=O) groups is 1. The van der Waals surface area contributed by atoms with Crippen molar-refractivity contribution in [2.45, 2.75) is 12.3 Å². The molecule has 0 aliphatic carbocycles. The summed E-state index contributed by atoms with van der Waals surface area (Å²) in [6.45, 7) is 0.920. The molecule has 1 aromatic rings. The van der Waals surface area contributed by atoms with E-state index in [-0.39, 0.29) is 11.6 Å². The van der Waals surface area contributed by atoms with Crippen molar-refractivity contribution in [1.82, 2.24) is 10.3 Å². The Bertz CT molecular complexity index is 373. The molecule has 14 heavy (non-hydrogen) atoms. The van der Waals surface area contributed by atoms with Crippen LogP contribution in [0.3, 0.4) is 0 Å². The van der Waals surface area contributed by atoms with Gasteiger partial charge in [0.15, 0.2) is 5.69 Å². The van der Waals surface area contributed by atoms with Crippen LogP contribution in [0.15, 0.2) is 17.7 Å². The molecule has 1 unspecified atom stereocenters. The SMILES string of the molecule is O=C(O)c1csc(C2C=CNCC2)n1. The average molecular weight is 210 g/mol. The van der Waals surface area contributed by atoms with Crippen LogP contribution in [0.1, 0.15) is 27.8 Å². The van der Waals surface area contributed by atoms with E-state index in [0.29, 0.717) is 0 Å². The van der Waals surface area contributed by atoms with E-state index in [0.717, 1.165) is 18.0 Å². The first-order chi connectivity index (χ1) is 6.77. The topological polar surface area (TPSA) is 62.2 Å². The lowest BCUT2D eigenvalue weighted by Gasteiger charge is -2.14. The highest BCUT2D eigenvalue weighted by Gasteiger charge is 2.16. The first-order valence-corrected chi connectivity index (χ1v) is 5.24. The predicted octanol–water partition coefficient (Wildman–Crippen LogP) is 1.43. The summed E-state index contributed by atoms with van der Waals surface area (Å²) in [7, 11) is 0. The van der Waals surface area contributed by atoms with Gasteiger partial charge in [-0.1, -0.05) is 6.08 Å². The number of nitrogens with zero attached hydrogens (tertiary/aromatic N) is 1. The van der Waals surface area contributed by atoms with Crippen LogP contribution in [-0.4, -0.2) is 22.6 Å². The first kappa shape index (κ1) is 9.21. The van der Waals surface area contributed by atoms with Gasteiger partial charge in [-0.05, 0) is 12.6 Å². The molecule has 2 N–H and O–H groups in total. The zero-order valence-corrected chi connectivity index (χ0v) is 8.25. The Morgan fingerprint density at radius 3 is 3.14 bits per heavy atom. The number of carboxylic acids is 1. The van der Waals surface area contributed by atoms with Crippen molar-refractivity contribution in [3.8, 4) is 0 Å². The molecule has 0 spiro atoms. The van der Waals surface area contributed by atoms with E-state index in [4.69, 9.17) is 5.11 Å². The van der Waals surface area contributed by atoms with E-state index < -0.39 is 5.97 Å². The predicted molar refractivity (Wildman–Crippen MR) is 53.6 cm³/mol. The molecule has 0 saturated carbocycles. The van der Waals surface area contributed by atoms with Crippen LogP contribution in [0.25, 0.3) is 0 Å². The number of carboxylic acid groups (broad SMARTS) is 1. The molecule has 5 heteroatoms. The maximum absolute atomic E-state index is 10.6. The van der Waals surface area contributed by atoms with E-state index in [1.807, 2.05) is 12.3 Å². The molecule has 1 aliphatic rings. The van der Waals surface area contributed by atoms with Gasteiger partial charge >= 0.3 is 5.97 Å². The summed E-state index contributed by atoms with van der Waals surface area (Å²) >= 11 is 1.41. The smallest absolute Gasteiger partial charge is 0.355 e. The molecule has 4 nitrogen and oxygen atoms in total. The number of allylic oxidation sites excluding steroid dienone is 1. The van der Waals surface area contributed by atoms with Crippen molar-refractivity contribution in [3.05, 3.63) is 28.4 Å². The van der Waals surface area contributed by atoms with E-state index in [1.54, 1.807) is 5.38 Å². The highest BCUT2D eigenvalue weighted by Crippen LogP contribution is 2.25. The number of hydrogen-bond donors (Lipinski definition) is 2. The van der Waals surface area contributed by atoms with Gasteiger partial charge in [0.25, 0.3) is 0 Å². The second-order valence-electron chi connectivity index (χ2n) is 3.08. The van der Waals surface area contributed by atoms with Crippen molar-refractivity contribution in [2.24, 2.45) is 0 Å². The van der Waals surface area contributed by atoms with Crippen LogP contribution in [0.4, 0.5) is 0 Å². The van der Waals surface area contributed by atoms with Crippen molar-refractivity contribution >= 4 is 17.3 Å². The van der Waals surface area contributed by atoms with Crippen molar-refractivity contribution < 1.29 is 9.90 Å². The average Bonchev–Trinajstić information content (AvgIpc) is 2.68. The van der Waals surface area contributed by atoms with Gasteiger partial charge in [0.2, 0.25) is 0 Å². The molecule has 0 amide bonds. The van der Waals surface area contributed by atoms with Crippen LogP contribution in [0, 0.1) is 0 Å². The van der Waals surface area contributed by atoms with Crippen molar-refractivity contribution in [3.63, 3.8) is 0 Å². The summed E-state index contributed by atoms with van der Waals surface area (Å²) in [5.74, 6) is -0.681. The number of aromatic carboxylic acids is 1. The standard InChI is InChI=1S/C9H10N2O2S/c12-9(13)7-5-14-8(11-7)6-1-3-10-4-2-6/h1,3,5-6,10H,2,4H2,(H,12,13). The number of hydrogen-bond acceptors (Lipinski definition) is 4. The Morgan fingerprint density at radius 2 is 2.57 bits per heavy atom. The summed E-state index contributed by atoms with van der Waals surface area (Å²) in [5.41, 5.74) is 0.150. The molecule has 0 saturated heterocycles. The van der Waals surface area contributed by atoms with E-state index >= 15 is 0 Å². The Labute approximate surface area is 85.3 Å². The second kappa shape index (κ2) is 3.79. The van der Waals surface area contributed by atoms with Crippen LogP contribution in [0.2, 0.25) is 0 Å². The molecule has 0 fully saturated rings. The van der Waals surface area contributed by atoms with Gasteiger partial charge in [-0.25, -0.2) is 9.78 Å². The lowest BCUT2D eigenvalue weighted by atomic mass is 10.0. The van der Waals surface area contributed by atoms with Gasteiger partial charge in [-0.15, -0.1) is 11.3 Å². The zero-order valence-electron chi connectivity index (χ0n) is 7.43. The monoisotopic (exact) mass is 210 g/mol. The summed E-state index contributed by atoms with van der Waals surface area (Å²) in [5, 5.41) is 14.3. The molecule has 0 aromatic carbocycles. The fourth-order valence-corrected chi connectivity index (χ4v) is 2.27. The highest BCUT2D eigenvalue weighted by atomic mass is 32.1. The fourth-order valence-electron chi connectivity index (χ4n) is 1.36. The second-order valence-corrected chi connectivity index (χ2v) is 3.97. The minimum Gasteiger partial charge on any atom is -0.476 e. The lowest BCUT2D eigenvalue weighted by molar-refractivity contribution is 0.0691. The molecular formula is C9H10N2O2S. The summed E-state index contributed by atoms with van der Waals surface area (Å²) in [6, 6.07) is 0. The summed E-state index contributed by atoms with van der Waals surface area (Å²) in [4.78, 5) is 14.7. The maximum Gasteiger partial charge on any atom is 0.355 e. The Balaban J connectivity index is 2.19. The molecule has 2 heterocycles. The molecular weight excluding hydrogens is 200 g/mol. The Morgan fingerprint density at radius 1 is 1.71 bits per heavy atom. The third-order valence-corrected chi connectivity index (χ3v) is 3.08. The molecule has 74 valence electrons. The lowest BCUT2D eigenvalue weighted by Crippen LogP contribution is -2.16. The summed E-state index contributed by atoms with van der Waals surface area (Å²) in [6.07, 6.45) is 4.90. The largest absolute Gasteiger partial charge is 0.476 e. The molecule has 0 bridgehead atoms. The van der Waals surface area contributed by atoms with Gasteiger partial charge in [0.1, 0.15) is 5.01 Å². The fraction of sp³-hybridized carbons (Fsp3) is 0.333. The number of nitrogens with one attached hydrogen (secondary N) is 1. The van der Waals surface area contributed by atoms with Crippen molar-refractivity contribution in [1.29, 1.82) is 0 Å². The van der Waals surface area contributed by atoms with Crippen LogP contribution >= 0.6 is 11.3 Å². The normalized spacial score (nSPS) is 20.4. The molecule has 1 aromatic heterocycles. The quantitative estimate of drug-likeness (QED) is 0.775. The number of thiazole rings is 1. The first-order valence-electron chi connectivity index (χ1n) is 4.36. The maximum atomic E-state index is 10.6. The van der Waals surface area contributed by atoms with Gasteiger partial charge in [-0.2, -0.15) is 0 Å². The van der Waals surface area contributed by atoms with Gasteiger partial charge in [0, 0.05) is 17.8 Å². The summed E-state index contributed by atoms with van der Waals surface area (Å²) < 4.78 is 0. The van der Waals surface area contributed by atoms with Gasteiger partial charge < -0.3 is 10.4 Å². The van der Waals surface area contributed by atoms with E-state index in [1.165, 1.54) is 11.3 Å².